The molecule has 0 spiro atoms. The first-order chi connectivity index (χ1) is 10.5. The number of hydrogen-bond acceptors (Lipinski definition) is 2. The SMILES string of the molecule is Cc1ccc(C(=O)Nc2ccc3[nH]c(C)cc(=O)c3c2)cc1. The van der Waals surface area contributed by atoms with Gasteiger partial charge in [-0.2, -0.15) is 0 Å². The molecule has 4 nitrogen and oxygen atoms in total. The molecule has 2 aromatic carbocycles. The summed E-state index contributed by atoms with van der Waals surface area (Å²) >= 11 is 0. The first kappa shape index (κ1) is 14.1. The van der Waals surface area contributed by atoms with Gasteiger partial charge in [0.15, 0.2) is 5.43 Å². The van der Waals surface area contributed by atoms with Gasteiger partial charge in [-0.3, -0.25) is 9.59 Å². The summed E-state index contributed by atoms with van der Waals surface area (Å²) in [7, 11) is 0. The smallest absolute Gasteiger partial charge is 0.255 e. The van der Waals surface area contributed by atoms with Crippen LogP contribution in [0.3, 0.4) is 0 Å². The second-order valence-electron chi connectivity index (χ2n) is 5.40. The van der Waals surface area contributed by atoms with Gasteiger partial charge in [-0.25, -0.2) is 0 Å². The third-order valence-electron chi connectivity index (χ3n) is 3.54. The first-order valence-corrected chi connectivity index (χ1v) is 7.04. The van der Waals surface area contributed by atoms with Crippen molar-refractivity contribution in [3.63, 3.8) is 0 Å². The van der Waals surface area contributed by atoms with Gasteiger partial charge in [-0.05, 0) is 44.2 Å². The molecule has 3 aromatic rings. The number of amides is 1. The van der Waals surface area contributed by atoms with Crippen LogP contribution in [-0.2, 0) is 0 Å². The molecule has 0 atom stereocenters. The highest BCUT2D eigenvalue weighted by atomic mass is 16.1. The second-order valence-corrected chi connectivity index (χ2v) is 5.40. The summed E-state index contributed by atoms with van der Waals surface area (Å²) in [6.07, 6.45) is 0. The molecule has 0 aliphatic rings. The molecule has 1 aromatic heterocycles. The molecule has 0 aliphatic carbocycles. The van der Waals surface area contributed by atoms with Gasteiger partial charge in [0.1, 0.15) is 0 Å². The van der Waals surface area contributed by atoms with Crippen LogP contribution in [-0.4, -0.2) is 10.9 Å². The van der Waals surface area contributed by atoms with E-state index in [1.807, 2.05) is 26.0 Å². The van der Waals surface area contributed by atoms with Gasteiger partial charge in [-0.1, -0.05) is 17.7 Å². The highest BCUT2D eigenvalue weighted by Crippen LogP contribution is 2.16. The number of aryl methyl sites for hydroxylation is 2. The van der Waals surface area contributed by atoms with Crippen molar-refractivity contribution in [1.29, 1.82) is 0 Å². The van der Waals surface area contributed by atoms with Crippen molar-refractivity contribution in [3.05, 3.63) is 75.6 Å². The maximum Gasteiger partial charge on any atom is 0.255 e. The molecular formula is C18H16N2O2. The van der Waals surface area contributed by atoms with Crippen LogP contribution in [0.2, 0.25) is 0 Å². The lowest BCUT2D eigenvalue weighted by Crippen LogP contribution is -2.12. The Hall–Kier alpha value is -2.88. The minimum atomic E-state index is -0.192. The standard InChI is InChI=1S/C18H16N2O2/c1-11-3-5-13(6-4-11)18(22)20-14-7-8-16-15(10-14)17(21)9-12(2)19-16/h3-10H,1-2H3,(H,19,21)(H,20,22). The van der Waals surface area contributed by atoms with Crippen LogP contribution >= 0.6 is 0 Å². The van der Waals surface area contributed by atoms with E-state index in [9.17, 15) is 9.59 Å². The van der Waals surface area contributed by atoms with Crippen LogP contribution in [0, 0.1) is 13.8 Å². The van der Waals surface area contributed by atoms with Gasteiger partial charge in [0.05, 0.1) is 0 Å². The fourth-order valence-corrected chi connectivity index (χ4v) is 2.37. The Balaban J connectivity index is 1.92. The molecular weight excluding hydrogens is 276 g/mol. The lowest BCUT2D eigenvalue weighted by atomic mass is 10.1. The van der Waals surface area contributed by atoms with E-state index < -0.39 is 0 Å². The quantitative estimate of drug-likeness (QED) is 0.760. The molecule has 0 unspecified atom stereocenters. The number of rotatable bonds is 2. The minimum absolute atomic E-state index is 0.0577. The molecule has 1 heterocycles. The summed E-state index contributed by atoms with van der Waals surface area (Å²) in [6.45, 7) is 3.81. The molecule has 0 fully saturated rings. The summed E-state index contributed by atoms with van der Waals surface area (Å²) in [5.74, 6) is -0.192. The lowest BCUT2D eigenvalue weighted by molar-refractivity contribution is 0.102. The topological polar surface area (TPSA) is 62.0 Å². The Kier molecular flexibility index (Phi) is 3.51. The highest BCUT2D eigenvalue weighted by Gasteiger charge is 2.07. The third-order valence-corrected chi connectivity index (χ3v) is 3.54. The Labute approximate surface area is 127 Å². The third kappa shape index (κ3) is 2.76. The van der Waals surface area contributed by atoms with Gasteiger partial charge in [0, 0.05) is 33.9 Å². The molecule has 0 saturated carbocycles. The summed E-state index contributed by atoms with van der Waals surface area (Å²) in [6, 6.07) is 14.2. The number of nitrogens with one attached hydrogen (secondary N) is 2. The number of anilines is 1. The number of aromatic nitrogens is 1. The Morgan fingerprint density at radius 2 is 1.73 bits per heavy atom. The zero-order valence-electron chi connectivity index (χ0n) is 12.4. The monoisotopic (exact) mass is 292 g/mol. The van der Waals surface area contributed by atoms with Crippen molar-refractivity contribution in [2.24, 2.45) is 0 Å². The summed E-state index contributed by atoms with van der Waals surface area (Å²) in [4.78, 5) is 27.4. The number of pyridine rings is 1. The van der Waals surface area contributed by atoms with Crippen molar-refractivity contribution in [2.75, 3.05) is 5.32 Å². The molecule has 1 amide bonds. The number of carbonyl (C=O) groups is 1. The number of benzene rings is 2. The fourth-order valence-electron chi connectivity index (χ4n) is 2.37. The maximum atomic E-state index is 12.2. The molecule has 0 aliphatic heterocycles. The Bertz CT molecular complexity index is 909. The Morgan fingerprint density at radius 3 is 2.45 bits per heavy atom. The molecule has 2 N–H and O–H groups in total. The van der Waals surface area contributed by atoms with Crippen LogP contribution in [0.25, 0.3) is 10.9 Å². The summed E-state index contributed by atoms with van der Waals surface area (Å²) in [5, 5.41) is 3.38. The molecule has 3 rings (SSSR count). The van der Waals surface area contributed by atoms with Crippen molar-refractivity contribution in [1.82, 2.24) is 4.98 Å². The average molecular weight is 292 g/mol. The van der Waals surface area contributed by atoms with Crippen molar-refractivity contribution >= 4 is 22.5 Å². The van der Waals surface area contributed by atoms with E-state index in [0.29, 0.717) is 16.6 Å². The van der Waals surface area contributed by atoms with Crippen molar-refractivity contribution in [3.8, 4) is 0 Å². The normalized spacial score (nSPS) is 10.6. The minimum Gasteiger partial charge on any atom is -0.358 e. The predicted octanol–water partition coefficient (Wildman–Crippen LogP) is 3.40. The molecule has 0 saturated heterocycles. The van der Waals surface area contributed by atoms with Crippen LogP contribution in [0.4, 0.5) is 5.69 Å². The number of fused-ring (bicyclic) bond motifs is 1. The molecule has 0 radical (unpaired) electrons. The number of H-pyrrole nitrogens is 1. The van der Waals surface area contributed by atoms with Crippen molar-refractivity contribution in [2.45, 2.75) is 13.8 Å². The number of aromatic amines is 1. The first-order valence-electron chi connectivity index (χ1n) is 7.04. The van der Waals surface area contributed by atoms with Crippen LogP contribution < -0.4 is 10.7 Å². The summed E-state index contributed by atoms with van der Waals surface area (Å²) < 4.78 is 0. The van der Waals surface area contributed by atoms with Gasteiger partial charge < -0.3 is 10.3 Å². The zero-order chi connectivity index (χ0) is 15.7. The zero-order valence-corrected chi connectivity index (χ0v) is 12.4. The fraction of sp³-hybridized carbons (Fsp3) is 0.111. The molecule has 4 heteroatoms. The van der Waals surface area contributed by atoms with Crippen LogP contribution in [0.5, 0.6) is 0 Å². The second kappa shape index (κ2) is 5.48. The van der Waals surface area contributed by atoms with Crippen LogP contribution in [0.1, 0.15) is 21.6 Å². The van der Waals surface area contributed by atoms with Gasteiger partial charge in [0.2, 0.25) is 0 Å². The van der Waals surface area contributed by atoms with E-state index in [-0.39, 0.29) is 11.3 Å². The van der Waals surface area contributed by atoms with E-state index in [0.717, 1.165) is 16.8 Å². The van der Waals surface area contributed by atoms with E-state index in [4.69, 9.17) is 0 Å². The Morgan fingerprint density at radius 1 is 1.00 bits per heavy atom. The number of hydrogen-bond donors (Lipinski definition) is 2. The van der Waals surface area contributed by atoms with Gasteiger partial charge >= 0.3 is 0 Å². The highest BCUT2D eigenvalue weighted by molar-refractivity contribution is 6.05. The molecule has 22 heavy (non-hydrogen) atoms. The van der Waals surface area contributed by atoms with Gasteiger partial charge in [0.25, 0.3) is 5.91 Å². The summed E-state index contributed by atoms with van der Waals surface area (Å²) in [5.41, 5.74) is 3.81. The molecule has 0 bridgehead atoms. The van der Waals surface area contributed by atoms with E-state index >= 15 is 0 Å². The molecule has 110 valence electrons. The van der Waals surface area contributed by atoms with E-state index in [1.165, 1.54) is 0 Å². The van der Waals surface area contributed by atoms with E-state index in [2.05, 4.69) is 10.3 Å². The average Bonchev–Trinajstić information content (AvgIpc) is 2.48. The van der Waals surface area contributed by atoms with Crippen molar-refractivity contribution < 1.29 is 4.79 Å². The lowest BCUT2D eigenvalue weighted by Gasteiger charge is -2.07. The maximum absolute atomic E-state index is 12.2. The van der Waals surface area contributed by atoms with E-state index in [1.54, 1.807) is 36.4 Å². The number of carbonyl (C=O) groups excluding carboxylic acids is 1. The predicted molar refractivity (Wildman–Crippen MR) is 88.4 cm³/mol. The van der Waals surface area contributed by atoms with Crippen LogP contribution in [0.15, 0.2) is 53.3 Å². The van der Waals surface area contributed by atoms with Gasteiger partial charge in [-0.15, -0.1) is 0 Å². The largest absolute Gasteiger partial charge is 0.358 e.